The first-order chi connectivity index (χ1) is 13.9. The number of alkyl halides is 2. The molecule has 0 saturated heterocycles. The summed E-state index contributed by atoms with van der Waals surface area (Å²) in [5.41, 5.74) is 2.57. The molecule has 152 valence electrons. The number of hydrogen-bond acceptors (Lipinski definition) is 6. The molecule has 0 spiro atoms. The van der Waals surface area contributed by atoms with E-state index in [0.29, 0.717) is 29.2 Å². The zero-order valence-corrected chi connectivity index (χ0v) is 16.3. The monoisotopic (exact) mass is 400 g/mol. The summed E-state index contributed by atoms with van der Waals surface area (Å²) in [6.45, 7) is 1.99. The van der Waals surface area contributed by atoms with Crippen molar-refractivity contribution in [3.8, 4) is 22.7 Å². The number of phenolic OH excluding ortho intramolecular Hbond substituents is 1. The molecular formula is C20H22F2N6O. The number of aromatic hydroxyl groups is 1. The third-order valence-electron chi connectivity index (χ3n) is 5.36. The smallest absolute Gasteiger partial charge is 0.250 e. The predicted octanol–water partition coefficient (Wildman–Crippen LogP) is 3.62. The second-order valence-corrected chi connectivity index (χ2v) is 7.35. The van der Waals surface area contributed by atoms with Gasteiger partial charge in [0.15, 0.2) is 5.82 Å². The molecule has 1 N–H and O–H groups in total. The Kier molecular flexibility index (Phi) is 4.89. The van der Waals surface area contributed by atoms with Crippen molar-refractivity contribution in [1.82, 2.24) is 25.2 Å². The van der Waals surface area contributed by atoms with E-state index in [0.717, 1.165) is 12.1 Å². The van der Waals surface area contributed by atoms with Crippen LogP contribution in [0.4, 0.5) is 14.6 Å². The number of aromatic nitrogens is 5. The van der Waals surface area contributed by atoms with Crippen LogP contribution in [-0.4, -0.2) is 49.3 Å². The molecule has 2 aromatic heterocycles. The van der Waals surface area contributed by atoms with Crippen molar-refractivity contribution in [2.24, 2.45) is 0 Å². The van der Waals surface area contributed by atoms with Gasteiger partial charge in [-0.25, -0.2) is 13.5 Å². The Hall–Kier alpha value is -3.10. The maximum Gasteiger partial charge on any atom is 0.250 e. The summed E-state index contributed by atoms with van der Waals surface area (Å²) in [7, 11) is 1.75. The molecule has 9 heteroatoms. The number of anilines is 1. The maximum absolute atomic E-state index is 13.5. The number of phenols is 1. The van der Waals surface area contributed by atoms with Crippen molar-refractivity contribution < 1.29 is 13.9 Å². The van der Waals surface area contributed by atoms with E-state index in [1.807, 2.05) is 19.2 Å². The van der Waals surface area contributed by atoms with Crippen molar-refractivity contribution in [2.45, 2.75) is 44.6 Å². The average Bonchev–Trinajstić information content (AvgIpc) is 3.34. The zero-order valence-electron chi connectivity index (χ0n) is 16.3. The molecular weight excluding hydrogens is 378 g/mol. The van der Waals surface area contributed by atoms with Crippen LogP contribution in [0.25, 0.3) is 16.9 Å². The Labute approximate surface area is 167 Å². The third-order valence-corrected chi connectivity index (χ3v) is 5.36. The van der Waals surface area contributed by atoms with Crippen LogP contribution in [0.3, 0.4) is 0 Å². The van der Waals surface area contributed by atoms with Crippen LogP contribution >= 0.6 is 0 Å². The molecule has 1 aliphatic rings. The lowest BCUT2D eigenvalue weighted by Crippen LogP contribution is -2.31. The highest BCUT2D eigenvalue weighted by atomic mass is 19.3. The number of rotatable bonds is 5. The molecule has 1 atom stereocenters. The minimum atomic E-state index is -2.61. The van der Waals surface area contributed by atoms with Crippen molar-refractivity contribution in [1.29, 1.82) is 0 Å². The summed E-state index contributed by atoms with van der Waals surface area (Å²) in [4.78, 5) is 1.75. The summed E-state index contributed by atoms with van der Waals surface area (Å²) in [5, 5.41) is 26.9. The molecule has 0 radical (unpaired) electrons. The van der Waals surface area contributed by atoms with Gasteiger partial charge in [0.25, 0.3) is 0 Å². The summed E-state index contributed by atoms with van der Waals surface area (Å²) >= 11 is 0. The number of halogens is 2. The fourth-order valence-corrected chi connectivity index (χ4v) is 3.57. The molecule has 29 heavy (non-hydrogen) atoms. The largest absolute Gasteiger partial charge is 0.507 e. The van der Waals surface area contributed by atoms with Gasteiger partial charge in [-0.15, -0.1) is 15.3 Å². The zero-order chi connectivity index (χ0) is 20.6. The van der Waals surface area contributed by atoms with Crippen molar-refractivity contribution >= 4 is 5.82 Å². The second-order valence-electron chi connectivity index (χ2n) is 7.35. The van der Waals surface area contributed by atoms with E-state index < -0.39 is 5.92 Å². The van der Waals surface area contributed by atoms with Gasteiger partial charge in [0.1, 0.15) is 5.75 Å². The summed E-state index contributed by atoms with van der Waals surface area (Å²) < 4.78 is 28.6. The number of aryl methyl sites for hydroxylation is 1. The maximum atomic E-state index is 13.5. The van der Waals surface area contributed by atoms with Crippen LogP contribution in [-0.2, 0) is 6.42 Å². The molecule has 7 nitrogen and oxygen atoms in total. The van der Waals surface area contributed by atoms with E-state index in [1.54, 1.807) is 40.9 Å². The SMILES string of the molecule is CCc1cn(-c2ccc(-c3ccc(N(C)[C@@H]4CCC(F)(F)C4)nn3)c(O)c2)nn1. The third kappa shape index (κ3) is 3.90. The fourth-order valence-electron chi connectivity index (χ4n) is 3.57. The van der Waals surface area contributed by atoms with E-state index in [1.165, 1.54) is 0 Å². The van der Waals surface area contributed by atoms with Gasteiger partial charge in [-0.2, -0.15) is 0 Å². The number of benzene rings is 1. The predicted molar refractivity (Wildman–Crippen MR) is 104 cm³/mol. The Balaban J connectivity index is 1.53. The first-order valence-electron chi connectivity index (χ1n) is 9.55. The van der Waals surface area contributed by atoms with Crippen LogP contribution < -0.4 is 4.90 Å². The summed E-state index contributed by atoms with van der Waals surface area (Å²) in [6.07, 6.45) is 2.75. The van der Waals surface area contributed by atoms with Crippen LogP contribution in [0, 0.1) is 0 Å². The van der Waals surface area contributed by atoms with Gasteiger partial charge < -0.3 is 10.0 Å². The summed E-state index contributed by atoms with van der Waals surface area (Å²) in [6, 6.07) is 8.34. The molecule has 0 aliphatic heterocycles. The van der Waals surface area contributed by atoms with Gasteiger partial charge in [0, 0.05) is 37.6 Å². The lowest BCUT2D eigenvalue weighted by atomic mass is 10.1. The highest BCUT2D eigenvalue weighted by molar-refractivity contribution is 5.69. The topological polar surface area (TPSA) is 80.0 Å². The molecule has 2 heterocycles. The quantitative estimate of drug-likeness (QED) is 0.705. The van der Waals surface area contributed by atoms with Crippen LogP contribution in [0.1, 0.15) is 31.9 Å². The van der Waals surface area contributed by atoms with Gasteiger partial charge in [0.2, 0.25) is 5.92 Å². The Bertz CT molecular complexity index is 1000. The first kappa shape index (κ1) is 19.2. The van der Waals surface area contributed by atoms with E-state index in [-0.39, 0.29) is 24.6 Å². The van der Waals surface area contributed by atoms with Crippen LogP contribution in [0.5, 0.6) is 5.75 Å². The minimum absolute atomic E-state index is 0.0434. The summed E-state index contributed by atoms with van der Waals surface area (Å²) in [5.74, 6) is -2.04. The van der Waals surface area contributed by atoms with Crippen molar-refractivity contribution in [3.05, 3.63) is 42.2 Å². The van der Waals surface area contributed by atoms with Crippen LogP contribution in [0.15, 0.2) is 36.5 Å². The normalized spacial score (nSPS) is 18.1. The standard InChI is InChI=1S/C20H22F2N6O/c1-3-13-12-28(26-23-13)14-4-5-16(18(29)10-14)17-6-7-19(25-24-17)27(2)15-8-9-20(21,22)11-15/h4-7,10,12,15,29H,3,8-9,11H2,1-2H3/t15-/m1/s1. The van der Waals surface area contributed by atoms with E-state index in [2.05, 4.69) is 20.5 Å². The van der Waals surface area contributed by atoms with E-state index in [4.69, 9.17) is 0 Å². The lowest BCUT2D eigenvalue weighted by molar-refractivity contribution is 0.00786. The molecule has 0 unspecified atom stereocenters. The molecule has 1 fully saturated rings. The van der Waals surface area contributed by atoms with Gasteiger partial charge in [-0.3, -0.25) is 0 Å². The average molecular weight is 400 g/mol. The molecule has 0 amide bonds. The van der Waals surface area contributed by atoms with Gasteiger partial charge in [0.05, 0.1) is 23.3 Å². The van der Waals surface area contributed by atoms with Gasteiger partial charge >= 0.3 is 0 Å². The second kappa shape index (κ2) is 7.38. The fraction of sp³-hybridized carbons (Fsp3) is 0.400. The molecule has 1 aliphatic carbocycles. The van der Waals surface area contributed by atoms with Crippen LogP contribution in [0.2, 0.25) is 0 Å². The lowest BCUT2D eigenvalue weighted by Gasteiger charge is -2.25. The minimum Gasteiger partial charge on any atom is -0.507 e. The molecule has 4 rings (SSSR count). The molecule has 1 aromatic carbocycles. The first-order valence-corrected chi connectivity index (χ1v) is 9.55. The molecule has 3 aromatic rings. The van der Waals surface area contributed by atoms with E-state index >= 15 is 0 Å². The Morgan fingerprint density at radius 2 is 2.03 bits per heavy atom. The van der Waals surface area contributed by atoms with E-state index in [9.17, 15) is 13.9 Å². The van der Waals surface area contributed by atoms with Crippen molar-refractivity contribution in [3.63, 3.8) is 0 Å². The Morgan fingerprint density at radius 1 is 1.21 bits per heavy atom. The van der Waals surface area contributed by atoms with Gasteiger partial charge in [-0.05, 0) is 37.1 Å². The van der Waals surface area contributed by atoms with Gasteiger partial charge in [-0.1, -0.05) is 12.1 Å². The Morgan fingerprint density at radius 3 is 2.62 bits per heavy atom. The highest BCUT2D eigenvalue weighted by Crippen LogP contribution is 2.38. The molecule has 1 saturated carbocycles. The highest BCUT2D eigenvalue weighted by Gasteiger charge is 2.41. The number of hydrogen-bond donors (Lipinski definition) is 1. The molecule has 0 bridgehead atoms. The van der Waals surface area contributed by atoms with Crippen molar-refractivity contribution in [2.75, 3.05) is 11.9 Å². The number of nitrogens with zero attached hydrogens (tertiary/aromatic N) is 6.